The normalized spacial score (nSPS) is 12.4. The maximum Gasteiger partial charge on any atom is 0.162 e. The first-order valence-corrected chi connectivity index (χ1v) is 17.8. The van der Waals surface area contributed by atoms with Crippen molar-refractivity contribution < 1.29 is 14.3 Å². The molecule has 2 N–H and O–H groups in total. The van der Waals surface area contributed by atoms with Crippen molar-refractivity contribution in [1.29, 1.82) is 0 Å². The van der Waals surface area contributed by atoms with Gasteiger partial charge >= 0.3 is 0 Å². The standard InChI is InChI=1S/C26H34N2O2S.C8H18O.C3H8.C2H6/c1-8-12-17(5)23(15-21(27)10-3)22(11-4)25-16-31-26(28-25)24(19(7)30)14-20(13-9-2)18(6)29;1-3-5-6-8-9-7-4-2;1-3-2;1-2/h10-11,13-16H,3,8-9,12,27H2,1-2,4-7H3;3-8H2,1-2H3;3H2,1-2H3;1-2H3/b20-13+,21-15+,22-11+,23-17-,24-14+;;;. The van der Waals surface area contributed by atoms with Gasteiger partial charge in [0.15, 0.2) is 11.6 Å². The van der Waals surface area contributed by atoms with Gasteiger partial charge in [0.2, 0.25) is 0 Å². The highest BCUT2D eigenvalue weighted by molar-refractivity contribution is 7.11. The zero-order chi connectivity index (χ0) is 35.2. The fourth-order valence-corrected chi connectivity index (χ4v) is 4.71. The maximum absolute atomic E-state index is 12.4. The number of allylic oxidation sites excluding steroid dienone is 10. The van der Waals surface area contributed by atoms with E-state index in [0.717, 1.165) is 49.3 Å². The summed E-state index contributed by atoms with van der Waals surface area (Å²) < 4.78 is 5.28. The Labute approximate surface area is 281 Å². The van der Waals surface area contributed by atoms with Crippen LogP contribution in [0.15, 0.2) is 64.8 Å². The van der Waals surface area contributed by atoms with Crippen LogP contribution < -0.4 is 5.73 Å². The van der Waals surface area contributed by atoms with E-state index in [9.17, 15) is 9.59 Å². The molecule has 1 heterocycles. The number of ketones is 2. The van der Waals surface area contributed by atoms with E-state index in [0.29, 0.717) is 28.3 Å². The van der Waals surface area contributed by atoms with Gasteiger partial charge in [0.1, 0.15) is 5.01 Å². The molecule has 0 atom stereocenters. The molecule has 0 aliphatic carbocycles. The quantitative estimate of drug-likeness (QED) is 0.104. The molecule has 1 aromatic heterocycles. The highest BCUT2D eigenvalue weighted by atomic mass is 32.1. The Morgan fingerprint density at radius 2 is 1.53 bits per heavy atom. The van der Waals surface area contributed by atoms with Crippen LogP contribution in [0.1, 0.15) is 145 Å². The minimum Gasteiger partial charge on any atom is -0.399 e. The van der Waals surface area contributed by atoms with Crippen molar-refractivity contribution in [3.05, 3.63) is 75.5 Å². The van der Waals surface area contributed by atoms with E-state index >= 15 is 0 Å². The predicted molar refractivity (Wildman–Crippen MR) is 202 cm³/mol. The Morgan fingerprint density at radius 3 is 1.98 bits per heavy atom. The number of aromatic nitrogens is 1. The number of hydrogen-bond acceptors (Lipinski definition) is 6. The number of nitrogens with two attached hydrogens (primary N) is 1. The van der Waals surface area contributed by atoms with Gasteiger partial charge in [-0.05, 0) is 77.2 Å². The van der Waals surface area contributed by atoms with Crippen LogP contribution in [0.2, 0.25) is 0 Å². The predicted octanol–water partition coefficient (Wildman–Crippen LogP) is 11.6. The number of unbranched alkanes of at least 4 members (excludes halogenated alkanes) is 2. The SMILES string of the molecule is C=C\C(N)=C/C(=C(\C)CCC)C(=C\C)/c1csc(/C(=C/C(=C\CC)C(C)=O)C(C)=O)n1.CC.CCC.CCCCCOCCC. The molecule has 45 heavy (non-hydrogen) atoms. The molecule has 256 valence electrons. The third-order valence-corrected chi connectivity index (χ3v) is 6.85. The van der Waals surface area contributed by atoms with Crippen molar-refractivity contribution in [1.82, 2.24) is 4.98 Å². The van der Waals surface area contributed by atoms with Crippen molar-refractivity contribution in [3.8, 4) is 0 Å². The minimum absolute atomic E-state index is 0.0722. The third-order valence-electron chi connectivity index (χ3n) is 5.97. The Morgan fingerprint density at radius 1 is 0.911 bits per heavy atom. The summed E-state index contributed by atoms with van der Waals surface area (Å²) in [5, 5.41) is 2.54. The van der Waals surface area contributed by atoms with Crippen molar-refractivity contribution in [2.24, 2.45) is 5.73 Å². The molecule has 0 aliphatic heterocycles. The first-order valence-electron chi connectivity index (χ1n) is 17.0. The van der Waals surface area contributed by atoms with Crippen LogP contribution in [-0.2, 0) is 14.3 Å². The summed E-state index contributed by atoms with van der Waals surface area (Å²) in [6, 6.07) is 0. The number of carbonyl (C=O) groups excluding carboxylic acids is 2. The van der Waals surface area contributed by atoms with Crippen LogP contribution in [0.3, 0.4) is 0 Å². The van der Waals surface area contributed by atoms with E-state index in [-0.39, 0.29) is 11.6 Å². The first kappa shape index (κ1) is 46.6. The van der Waals surface area contributed by atoms with E-state index in [4.69, 9.17) is 15.5 Å². The molecule has 0 saturated heterocycles. The summed E-state index contributed by atoms with van der Waals surface area (Å²) in [5.74, 6) is -0.197. The second-order valence-corrected chi connectivity index (χ2v) is 11.2. The van der Waals surface area contributed by atoms with Crippen molar-refractivity contribution in [2.45, 2.75) is 134 Å². The molecule has 0 radical (unpaired) electrons. The first-order chi connectivity index (χ1) is 21.5. The summed E-state index contributed by atoms with van der Waals surface area (Å²) in [7, 11) is 0. The molecule has 0 saturated carbocycles. The number of thiazole rings is 1. The third kappa shape index (κ3) is 21.5. The number of ether oxygens (including phenoxy) is 1. The van der Waals surface area contributed by atoms with Crippen molar-refractivity contribution in [2.75, 3.05) is 13.2 Å². The molecule has 0 aliphatic rings. The number of carbonyl (C=O) groups is 2. The van der Waals surface area contributed by atoms with E-state index in [2.05, 4.69) is 48.1 Å². The molecular weight excluding hydrogens is 577 g/mol. The zero-order valence-electron chi connectivity index (χ0n) is 30.9. The lowest BCUT2D eigenvalue weighted by molar-refractivity contribution is -0.113. The molecule has 0 unspecified atom stereocenters. The Balaban J connectivity index is -0.00000105. The largest absolute Gasteiger partial charge is 0.399 e. The molecule has 1 rings (SSSR count). The second kappa shape index (κ2) is 31.2. The summed E-state index contributed by atoms with van der Waals surface area (Å²) in [6.45, 7) is 29.4. The van der Waals surface area contributed by atoms with Crippen LogP contribution in [0.4, 0.5) is 0 Å². The summed E-state index contributed by atoms with van der Waals surface area (Å²) in [6.07, 6.45) is 17.9. The van der Waals surface area contributed by atoms with Gasteiger partial charge in [-0.25, -0.2) is 4.98 Å². The van der Waals surface area contributed by atoms with E-state index in [1.807, 2.05) is 51.3 Å². The van der Waals surface area contributed by atoms with E-state index < -0.39 is 0 Å². The highest BCUT2D eigenvalue weighted by Gasteiger charge is 2.17. The van der Waals surface area contributed by atoms with Gasteiger partial charge in [0.05, 0.1) is 11.3 Å². The van der Waals surface area contributed by atoms with Crippen LogP contribution in [0.25, 0.3) is 11.1 Å². The number of hydrogen-bond donors (Lipinski definition) is 1. The van der Waals surface area contributed by atoms with Gasteiger partial charge in [-0.15, -0.1) is 11.3 Å². The van der Waals surface area contributed by atoms with Gasteiger partial charge < -0.3 is 10.5 Å². The molecule has 0 amide bonds. The summed E-state index contributed by atoms with van der Waals surface area (Å²) >= 11 is 1.39. The van der Waals surface area contributed by atoms with Gasteiger partial charge in [0, 0.05) is 35.4 Å². The summed E-state index contributed by atoms with van der Waals surface area (Å²) in [5.41, 5.74) is 11.6. The van der Waals surface area contributed by atoms with Crippen molar-refractivity contribution in [3.63, 3.8) is 0 Å². The molecule has 0 fully saturated rings. The molecule has 6 heteroatoms. The highest BCUT2D eigenvalue weighted by Crippen LogP contribution is 2.32. The van der Waals surface area contributed by atoms with Gasteiger partial charge in [-0.1, -0.05) is 105 Å². The molecule has 1 aromatic rings. The maximum atomic E-state index is 12.4. The van der Waals surface area contributed by atoms with Crippen LogP contribution in [0, 0.1) is 0 Å². The van der Waals surface area contributed by atoms with Crippen LogP contribution >= 0.6 is 11.3 Å². The fourth-order valence-electron chi connectivity index (χ4n) is 3.82. The fraction of sp³-hybridized carbons (Fsp3) is 0.564. The number of nitrogens with zero attached hydrogens (tertiary/aromatic N) is 1. The number of rotatable bonds is 17. The smallest absolute Gasteiger partial charge is 0.162 e. The molecule has 0 spiro atoms. The lowest BCUT2D eigenvalue weighted by atomic mass is 9.95. The Bertz CT molecular complexity index is 1110. The van der Waals surface area contributed by atoms with E-state index in [1.165, 1.54) is 56.4 Å². The molecule has 0 aromatic carbocycles. The lowest BCUT2D eigenvalue weighted by Crippen LogP contribution is -2.01. The van der Waals surface area contributed by atoms with E-state index in [1.54, 1.807) is 12.2 Å². The summed E-state index contributed by atoms with van der Waals surface area (Å²) in [4.78, 5) is 29.1. The van der Waals surface area contributed by atoms with Gasteiger partial charge in [-0.3, -0.25) is 9.59 Å². The van der Waals surface area contributed by atoms with Gasteiger partial charge in [-0.2, -0.15) is 0 Å². The zero-order valence-corrected chi connectivity index (χ0v) is 31.7. The van der Waals surface area contributed by atoms with Crippen LogP contribution in [0.5, 0.6) is 0 Å². The molecular formula is C39H66N2O3S. The minimum atomic E-state index is -0.125. The monoisotopic (exact) mass is 642 g/mol. The average Bonchev–Trinajstić information content (AvgIpc) is 3.49. The van der Waals surface area contributed by atoms with Crippen molar-refractivity contribution >= 4 is 34.0 Å². The number of Topliss-reactive ketones (excluding diaryl/α,β-unsaturated/α-hetero) is 2. The Hall–Kier alpha value is -2.83. The average molecular weight is 643 g/mol. The molecule has 5 nitrogen and oxygen atoms in total. The Kier molecular flexibility index (Phi) is 32.3. The van der Waals surface area contributed by atoms with Gasteiger partial charge in [0.25, 0.3) is 0 Å². The lowest BCUT2D eigenvalue weighted by Gasteiger charge is -2.12. The van der Waals surface area contributed by atoms with Crippen LogP contribution in [-0.4, -0.2) is 29.8 Å². The topological polar surface area (TPSA) is 82.3 Å². The molecule has 0 bridgehead atoms. The second-order valence-electron chi connectivity index (χ2n) is 10.3.